The fourth-order valence-corrected chi connectivity index (χ4v) is 5.12. The van der Waals surface area contributed by atoms with Gasteiger partial charge in [-0.25, -0.2) is 0 Å². The molecule has 6 nitrogen and oxygen atoms in total. The molecule has 198 valence electrons. The van der Waals surface area contributed by atoms with Crippen LogP contribution in [0.2, 0.25) is 0 Å². The van der Waals surface area contributed by atoms with E-state index in [0.717, 1.165) is 16.7 Å². The Balaban J connectivity index is 1.47. The van der Waals surface area contributed by atoms with Gasteiger partial charge in [0.25, 0.3) is 5.91 Å². The van der Waals surface area contributed by atoms with Gasteiger partial charge in [-0.1, -0.05) is 86.0 Å². The van der Waals surface area contributed by atoms with Crippen LogP contribution in [-0.2, 0) is 22.6 Å². The number of carboxylic acids is 1. The van der Waals surface area contributed by atoms with E-state index in [1.165, 1.54) is 37.7 Å². The molecule has 38 heavy (non-hydrogen) atoms. The van der Waals surface area contributed by atoms with Gasteiger partial charge < -0.3 is 15.7 Å². The van der Waals surface area contributed by atoms with Gasteiger partial charge in [0.1, 0.15) is 0 Å². The van der Waals surface area contributed by atoms with Crippen LogP contribution < -0.4 is 10.6 Å². The minimum absolute atomic E-state index is 0.0326. The number of hydrogen-bond donors (Lipinski definition) is 3. The Hall–Kier alpha value is -3.93. The van der Waals surface area contributed by atoms with Crippen LogP contribution in [0, 0.1) is 0 Å². The molecule has 1 fully saturated rings. The molecule has 0 heterocycles. The van der Waals surface area contributed by atoms with E-state index in [9.17, 15) is 14.4 Å². The zero-order valence-electron chi connectivity index (χ0n) is 21.7. The molecular formula is C32H36N2O4. The van der Waals surface area contributed by atoms with E-state index in [1.54, 1.807) is 12.1 Å². The third-order valence-electron chi connectivity index (χ3n) is 7.32. The number of hydrogen-bond acceptors (Lipinski definition) is 3. The summed E-state index contributed by atoms with van der Waals surface area (Å²) in [6.07, 6.45) is 6.73. The molecule has 0 bridgehead atoms. The molecule has 1 aliphatic carbocycles. The zero-order valence-corrected chi connectivity index (χ0v) is 21.7. The normalized spacial score (nSPS) is 14.4. The van der Waals surface area contributed by atoms with Crippen molar-refractivity contribution in [1.29, 1.82) is 0 Å². The van der Waals surface area contributed by atoms with Crippen molar-refractivity contribution in [2.45, 2.75) is 63.3 Å². The fourth-order valence-electron chi connectivity index (χ4n) is 5.12. The number of nitrogens with one attached hydrogen (secondary N) is 2. The van der Waals surface area contributed by atoms with Gasteiger partial charge in [-0.2, -0.15) is 0 Å². The Bertz CT molecular complexity index is 1200. The maximum atomic E-state index is 13.4. The maximum Gasteiger partial charge on any atom is 0.305 e. The van der Waals surface area contributed by atoms with Crippen molar-refractivity contribution in [3.8, 4) is 0 Å². The molecule has 0 aromatic heterocycles. The van der Waals surface area contributed by atoms with Gasteiger partial charge in [-0.15, -0.1) is 0 Å². The summed E-state index contributed by atoms with van der Waals surface area (Å²) in [7, 11) is 0. The van der Waals surface area contributed by atoms with E-state index in [4.69, 9.17) is 5.11 Å². The fraction of sp³-hybridized carbons (Fsp3) is 0.344. The molecule has 6 heteroatoms. The van der Waals surface area contributed by atoms with Gasteiger partial charge in [0, 0.05) is 18.7 Å². The lowest BCUT2D eigenvalue weighted by molar-refractivity contribution is -0.136. The van der Waals surface area contributed by atoms with E-state index >= 15 is 0 Å². The van der Waals surface area contributed by atoms with Crippen molar-refractivity contribution in [3.63, 3.8) is 0 Å². The summed E-state index contributed by atoms with van der Waals surface area (Å²) >= 11 is 0. The molecular weight excluding hydrogens is 476 g/mol. The second-order valence-electron chi connectivity index (χ2n) is 10.1. The summed E-state index contributed by atoms with van der Waals surface area (Å²) in [6, 6.07) is 25.6. The van der Waals surface area contributed by atoms with Crippen LogP contribution >= 0.6 is 0 Å². The van der Waals surface area contributed by atoms with Gasteiger partial charge >= 0.3 is 5.97 Å². The molecule has 0 aliphatic heterocycles. The number of aliphatic carboxylic acids is 1. The summed E-state index contributed by atoms with van der Waals surface area (Å²) in [5.41, 5.74) is 4.79. The first-order valence-electron chi connectivity index (χ1n) is 13.5. The Morgan fingerprint density at radius 2 is 1.47 bits per heavy atom. The average molecular weight is 513 g/mol. The topological polar surface area (TPSA) is 95.5 Å². The summed E-state index contributed by atoms with van der Waals surface area (Å²) in [5.74, 6) is -1.06. The molecule has 3 aromatic carbocycles. The number of carbonyl (C=O) groups excluding carboxylic acids is 2. The van der Waals surface area contributed by atoms with Gasteiger partial charge in [0.15, 0.2) is 0 Å². The Morgan fingerprint density at radius 3 is 2.13 bits per heavy atom. The summed E-state index contributed by atoms with van der Waals surface area (Å²) in [5, 5.41) is 14.5. The Morgan fingerprint density at radius 1 is 0.789 bits per heavy atom. The van der Waals surface area contributed by atoms with Crippen molar-refractivity contribution in [3.05, 3.63) is 107 Å². The van der Waals surface area contributed by atoms with Crippen LogP contribution in [0.1, 0.15) is 83.0 Å². The maximum absolute atomic E-state index is 13.4. The molecule has 4 rings (SSSR count). The highest BCUT2D eigenvalue weighted by molar-refractivity contribution is 5.94. The summed E-state index contributed by atoms with van der Waals surface area (Å²) < 4.78 is 0. The predicted octanol–water partition coefficient (Wildman–Crippen LogP) is 5.58. The first kappa shape index (κ1) is 27.1. The van der Waals surface area contributed by atoms with Crippen LogP contribution in [0.25, 0.3) is 0 Å². The van der Waals surface area contributed by atoms with Gasteiger partial charge in [-0.3, -0.25) is 14.4 Å². The molecule has 1 saturated carbocycles. The van der Waals surface area contributed by atoms with Gasteiger partial charge in [0.05, 0.1) is 12.3 Å². The van der Waals surface area contributed by atoms with Gasteiger partial charge in [-0.05, 0) is 59.6 Å². The molecule has 1 unspecified atom stereocenters. The monoisotopic (exact) mass is 512 g/mol. The summed E-state index contributed by atoms with van der Waals surface area (Å²) in [4.78, 5) is 36.4. The highest BCUT2D eigenvalue weighted by atomic mass is 16.4. The molecule has 2 amide bonds. The molecule has 3 N–H and O–H groups in total. The minimum Gasteiger partial charge on any atom is -0.481 e. The molecule has 1 atom stereocenters. The molecule has 0 saturated heterocycles. The molecule has 0 radical (unpaired) electrons. The number of benzene rings is 3. The van der Waals surface area contributed by atoms with Crippen LogP contribution in [-0.4, -0.2) is 29.4 Å². The van der Waals surface area contributed by atoms with Crippen LogP contribution in [0.3, 0.4) is 0 Å². The van der Waals surface area contributed by atoms with E-state index in [0.29, 0.717) is 24.4 Å². The largest absolute Gasteiger partial charge is 0.481 e. The van der Waals surface area contributed by atoms with E-state index in [2.05, 4.69) is 34.9 Å². The average Bonchev–Trinajstić information content (AvgIpc) is 2.96. The van der Waals surface area contributed by atoms with Crippen molar-refractivity contribution in [2.24, 2.45) is 0 Å². The second-order valence-corrected chi connectivity index (χ2v) is 10.1. The minimum atomic E-state index is -0.955. The quantitative estimate of drug-likeness (QED) is 0.312. The number of carboxylic acid groups (broad SMARTS) is 1. The third kappa shape index (κ3) is 7.78. The third-order valence-corrected chi connectivity index (χ3v) is 7.32. The first-order chi connectivity index (χ1) is 18.5. The van der Waals surface area contributed by atoms with E-state index < -0.39 is 5.97 Å². The van der Waals surface area contributed by atoms with Crippen molar-refractivity contribution in [1.82, 2.24) is 10.6 Å². The lowest BCUT2D eigenvalue weighted by Crippen LogP contribution is -2.30. The number of amides is 2. The van der Waals surface area contributed by atoms with E-state index in [-0.39, 0.29) is 30.7 Å². The molecule has 3 aromatic rings. The van der Waals surface area contributed by atoms with Crippen molar-refractivity contribution >= 4 is 17.8 Å². The molecule has 1 aliphatic rings. The van der Waals surface area contributed by atoms with Crippen molar-refractivity contribution < 1.29 is 19.5 Å². The highest BCUT2D eigenvalue weighted by Crippen LogP contribution is 2.33. The highest BCUT2D eigenvalue weighted by Gasteiger charge is 2.23. The van der Waals surface area contributed by atoms with Gasteiger partial charge in [0.2, 0.25) is 5.91 Å². The number of rotatable bonds is 11. The standard InChI is InChI=1S/C32H36N2O4/c35-30(36)19-20-33-31(37)28-13-11-23(12-14-28)21-29(32(38)34-22-24-7-3-1-4-8-24)27-17-15-26(16-18-27)25-9-5-2-6-10-25/h1,3-4,7-8,11-18,25,29H,2,5-6,9-10,19-22H2,(H,33,37)(H,34,38)(H,35,36). The number of carbonyl (C=O) groups is 3. The SMILES string of the molecule is O=C(O)CCNC(=O)c1ccc(CC(C(=O)NCc2ccccc2)c2ccc(C3CCCCC3)cc2)cc1. The summed E-state index contributed by atoms with van der Waals surface area (Å²) in [6.45, 7) is 0.544. The van der Waals surface area contributed by atoms with Crippen molar-refractivity contribution in [2.75, 3.05) is 6.54 Å². The lowest BCUT2D eigenvalue weighted by Gasteiger charge is -2.23. The smallest absolute Gasteiger partial charge is 0.305 e. The van der Waals surface area contributed by atoms with Crippen LogP contribution in [0.15, 0.2) is 78.9 Å². The first-order valence-corrected chi connectivity index (χ1v) is 13.5. The predicted molar refractivity (Wildman–Crippen MR) is 148 cm³/mol. The van der Waals surface area contributed by atoms with Crippen LogP contribution in [0.4, 0.5) is 0 Å². The Kier molecular flexibility index (Phi) is 9.68. The second kappa shape index (κ2) is 13.6. The van der Waals surface area contributed by atoms with E-state index in [1.807, 2.05) is 42.5 Å². The lowest BCUT2D eigenvalue weighted by atomic mass is 9.83. The molecule has 0 spiro atoms. The Labute approximate surface area is 224 Å². The van der Waals surface area contributed by atoms with Crippen LogP contribution in [0.5, 0.6) is 0 Å². The zero-order chi connectivity index (χ0) is 26.7.